The minimum absolute atomic E-state index is 0.0577. The molecule has 0 N–H and O–H groups in total. The Kier molecular flexibility index (Phi) is 4.83. The molecule has 0 bridgehead atoms. The molecule has 0 saturated heterocycles. The van der Waals surface area contributed by atoms with Gasteiger partial charge in [-0.05, 0) is 18.4 Å². The number of alkyl halides is 1. The molecule has 1 aliphatic rings. The van der Waals surface area contributed by atoms with Crippen molar-refractivity contribution in [3.05, 3.63) is 71.8 Å². The van der Waals surface area contributed by atoms with Crippen LogP contribution in [0.25, 0.3) is 0 Å². The lowest BCUT2D eigenvalue weighted by atomic mass is 9.87. The molecule has 0 radical (unpaired) electrons. The van der Waals surface area contributed by atoms with Gasteiger partial charge in [0.05, 0.1) is 5.38 Å². The van der Waals surface area contributed by atoms with Crippen LogP contribution in [0.1, 0.15) is 30.7 Å². The summed E-state index contributed by atoms with van der Waals surface area (Å²) in [5.41, 5.74) is 2.63. The van der Waals surface area contributed by atoms with Gasteiger partial charge < -0.3 is 0 Å². The van der Waals surface area contributed by atoms with Crippen LogP contribution in [0, 0.1) is 5.92 Å². The third-order valence-electron chi connectivity index (χ3n) is 3.41. The SMILES string of the molecule is CCC(C1=CC=CC=CC1)C(Cl)c1ccccc1. The van der Waals surface area contributed by atoms with Crippen LogP contribution < -0.4 is 0 Å². The molecule has 1 aromatic carbocycles. The highest BCUT2D eigenvalue weighted by Crippen LogP contribution is 2.37. The molecule has 1 aliphatic carbocycles. The van der Waals surface area contributed by atoms with Crippen LogP contribution >= 0.6 is 11.6 Å². The molecule has 0 fully saturated rings. The lowest BCUT2D eigenvalue weighted by molar-refractivity contribution is 0.561. The molecule has 94 valence electrons. The fraction of sp³-hybridized carbons (Fsp3) is 0.294. The van der Waals surface area contributed by atoms with Crippen LogP contribution in [0.15, 0.2) is 66.3 Å². The maximum atomic E-state index is 6.67. The van der Waals surface area contributed by atoms with Crippen LogP contribution in [0.2, 0.25) is 0 Å². The molecule has 0 amide bonds. The van der Waals surface area contributed by atoms with E-state index in [0.29, 0.717) is 5.92 Å². The Morgan fingerprint density at radius 1 is 1.11 bits per heavy atom. The second kappa shape index (κ2) is 6.61. The third-order valence-corrected chi connectivity index (χ3v) is 3.97. The van der Waals surface area contributed by atoms with E-state index in [2.05, 4.69) is 61.6 Å². The van der Waals surface area contributed by atoms with Gasteiger partial charge in [-0.3, -0.25) is 0 Å². The van der Waals surface area contributed by atoms with Crippen LogP contribution in [0.4, 0.5) is 0 Å². The summed E-state index contributed by atoms with van der Waals surface area (Å²) in [4.78, 5) is 0. The molecule has 1 heteroatoms. The highest BCUT2D eigenvalue weighted by molar-refractivity contribution is 6.21. The zero-order valence-corrected chi connectivity index (χ0v) is 11.5. The largest absolute Gasteiger partial charge is 0.117 e. The first-order chi connectivity index (χ1) is 8.83. The minimum Gasteiger partial charge on any atom is -0.117 e. The first-order valence-electron chi connectivity index (χ1n) is 6.54. The first kappa shape index (κ1) is 13.2. The zero-order chi connectivity index (χ0) is 12.8. The van der Waals surface area contributed by atoms with Gasteiger partial charge in [0.25, 0.3) is 0 Å². The molecular formula is C17H19Cl. The van der Waals surface area contributed by atoms with Gasteiger partial charge in [0.1, 0.15) is 0 Å². The lowest BCUT2D eigenvalue weighted by Gasteiger charge is -2.23. The van der Waals surface area contributed by atoms with Gasteiger partial charge in [-0.1, -0.05) is 73.2 Å². The Hall–Kier alpha value is -1.27. The van der Waals surface area contributed by atoms with E-state index in [4.69, 9.17) is 11.6 Å². The number of hydrogen-bond acceptors (Lipinski definition) is 0. The van der Waals surface area contributed by atoms with Gasteiger partial charge in [0.2, 0.25) is 0 Å². The molecule has 2 atom stereocenters. The fourth-order valence-electron chi connectivity index (χ4n) is 2.40. The van der Waals surface area contributed by atoms with Crippen molar-refractivity contribution >= 4 is 11.6 Å². The molecule has 18 heavy (non-hydrogen) atoms. The Balaban J connectivity index is 2.21. The Bertz CT molecular complexity index is 454. The van der Waals surface area contributed by atoms with Crippen molar-refractivity contribution in [3.8, 4) is 0 Å². The predicted molar refractivity (Wildman–Crippen MR) is 79.8 cm³/mol. The molecular weight excluding hydrogens is 240 g/mol. The quantitative estimate of drug-likeness (QED) is 0.631. The maximum Gasteiger partial charge on any atom is 0.0650 e. The van der Waals surface area contributed by atoms with E-state index in [1.807, 2.05) is 6.07 Å². The summed E-state index contributed by atoms with van der Waals surface area (Å²) < 4.78 is 0. The molecule has 0 aliphatic heterocycles. The first-order valence-corrected chi connectivity index (χ1v) is 6.98. The average Bonchev–Trinajstić information content (AvgIpc) is 2.70. The predicted octanol–water partition coefficient (Wildman–Crippen LogP) is 5.44. The van der Waals surface area contributed by atoms with Crippen molar-refractivity contribution in [1.82, 2.24) is 0 Å². The fourth-order valence-corrected chi connectivity index (χ4v) is 2.88. The van der Waals surface area contributed by atoms with Crippen molar-refractivity contribution in [2.24, 2.45) is 5.92 Å². The molecule has 2 rings (SSSR count). The zero-order valence-electron chi connectivity index (χ0n) is 10.7. The molecule has 0 spiro atoms. The lowest BCUT2D eigenvalue weighted by Crippen LogP contribution is -2.10. The maximum absolute atomic E-state index is 6.67. The monoisotopic (exact) mass is 258 g/mol. The minimum atomic E-state index is 0.0577. The van der Waals surface area contributed by atoms with Gasteiger partial charge in [-0.2, -0.15) is 0 Å². The highest BCUT2D eigenvalue weighted by atomic mass is 35.5. The van der Waals surface area contributed by atoms with E-state index in [1.165, 1.54) is 11.1 Å². The molecule has 2 unspecified atom stereocenters. The number of rotatable bonds is 4. The van der Waals surface area contributed by atoms with Crippen molar-refractivity contribution < 1.29 is 0 Å². The van der Waals surface area contributed by atoms with E-state index in [9.17, 15) is 0 Å². The van der Waals surface area contributed by atoms with Crippen LogP contribution in [0.3, 0.4) is 0 Å². The van der Waals surface area contributed by atoms with Gasteiger partial charge >= 0.3 is 0 Å². The number of allylic oxidation sites excluding steroid dienone is 6. The van der Waals surface area contributed by atoms with E-state index < -0.39 is 0 Å². The summed E-state index contributed by atoms with van der Waals surface area (Å²) in [7, 11) is 0. The van der Waals surface area contributed by atoms with Gasteiger partial charge in [-0.25, -0.2) is 0 Å². The summed E-state index contributed by atoms with van der Waals surface area (Å²) in [6, 6.07) is 10.4. The second-order valence-electron chi connectivity index (χ2n) is 4.59. The molecule has 0 nitrogen and oxygen atoms in total. The molecule has 0 aromatic heterocycles. The summed E-state index contributed by atoms with van der Waals surface area (Å²) in [5.74, 6) is 0.404. The standard InChI is InChI=1S/C17H19Cl/c1-2-16(14-10-6-3-4-7-11-14)17(18)15-12-8-5-9-13-15/h3-10,12-13,16-17H,2,11H2,1H3. The van der Waals surface area contributed by atoms with Crippen molar-refractivity contribution in [2.45, 2.75) is 25.1 Å². The van der Waals surface area contributed by atoms with Crippen molar-refractivity contribution in [3.63, 3.8) is 0 Å². The molecule has 0 heterocycles. The van der Waals surface area contributed by atoms with Crippen molar-refractivity contribution in [2.75, 3.05) is 0 Å². The normalized spacial score (nSPS) is 18.0. The highest BCUT2D eigenvalue weighted by Gasteiger charge is 2.22. The van der Waals surface area contributed by atoms with E-state index in [0.717, 1.165) is 12.8 Å². The molecule has 1 aromatic rings. The number of benzene rings is 1. The number of halogens is 1. The van der Waals surface area contributed by atoms with Gasteiger partial charge in [0, 0.05) is 5.92 Å². The second-order valence-corrected chi connectivity index (χ2v) is 5.06. The smallest absolute Gasteiger partial charge is 0.0650 e. The topological polar surface area (TPSA) is 0 Å². The third kappa shape index (κ3) is 3.14. The Labute approximate surface area is 115 Å². The van der Waals surface area contributed by atoms with Gasteiger partial charge in [-0.15, -0.1) is 11.6 Å². The van der Waals surface area contributed by atoms with E-state index >= 15 is 0 Å². The van der Waals surface area contributed by atoms with Crippen molar-refractivity contribution in [1.29, 1.82) is 0 Å². The summed E-state index contributed by atoms with van der Waals surface area (Å²) in [5, 5.41) is 0.0577. The summed E-state index contributed by atoms with van der Waals surface area (Å²) in [6.45, 7) is 2.21. The average molecular weight is 259 g/mol. The van der Waals surface area contributed by atoms with Crippen LogP contribution in [-0.2, 0) is 0 Å². The van der Waals surface area contributed by atoms with E-state index in [1.54, 1.807) is 0 Å². The summed E-state index contributed by atoms with van der Waals surface area (Å²) >= 11 is 6.67. The Morgan fingerprint density at radius 3 is 2.61 bits per heavy atom. The number of hydrogen-bond donors (Lipinski definition) is 0. The van der Waals surface area contributed by atoms with Crippen LogP contribution in [-0.4, -0.2) is 0 Å². The summed E-state index contributed by atoms with van der Waals surface area (Å²) in [6.07, 6.45) is 12.8. The van der Waals surface area contributed by atoms with Gasteiger partial charge in [0.15, 0.2) is 0 Å². The van der Waals surface area contributed by atoms with E-state index in [-0.39, 0.29) is 5.38 Å². The van der Waals surface area contributed by atoms with Crippen LogP contribution in [0.5, 0.6) is 0 Å². The molecule has 0 saturated carbocycles. The Morgan fingerprint density at radius 2 is 1.89 bits per heavy atom.